The van der Waals surface area contributed by atoms with Crippen LogP contribution >= 0.6 is 0 Å². The number of rotatable bonds is 7. The van der Waals surface area contributed by atoms with E-state index in [1.165, 1.54) is 19.2 Å². The number of hydrogen-bond acceptors (Lipinski definition) is 6. The van der Waals surface area contributed by atoms with Gasteiger partial charge in [0.1, 0.15) is 29.5 Å². The summed E-state index contributed by atoms with van der Waals surface area (Å²) >= 11 is 0. The number of hydrogen-bond donors (Lipinski definition) is 2. The number of methoxy groups -OCH3 is 1. The molecule has 0 bridgehead atoms. The molecule has 3 aromatic carbocycles. The first-order valence-corrected chi connectivity index (χ1v) is 13.5. The molecule has 1 amide bonds. The van der Waals surface area contributed by atoms with Crippen molar-refractivity contribution in [3.05, 3.63) is 65.5 Å². The maximum Gasteiger partial charge on any atom is 0.251 e. The molecule has 0 unspecified atom stereocenters. The lowest BCUT2D eigenvalue weighted by molar-refractivity contribution is -0.121. The highest BCUT2D eigenvalue weighted by molar-refractivity contribution is 7.92. The minimum atomic E-state index is -3.48. The quantitative estimate of drug-likeness (QED) is 0.453. The Balaban J connectivity index is 1.88. The number of nitrogens with one attached hydrogen (secondary N) is 2. The molecule has 3 aromatic rings. The van der Waals surface area contributed by atoms with Crippen molar-refractivity contribution < 1.29 is 27.1 Å². The van der Waals surface area contributed by atoms with Gasteiger partial charge in [0, 0.05) is 30.3 Å². The molecule has 0 aromatic heterocycles. The van der Waals surface area contributed by atoms with Crippen LogP contribution in [0, 0.1) is 12.7 Å². The van der Waals surface area contributed by atoms with Gasteiger partial charge in [0.05, 0.1) is 30.4 Å². The van der Waals surface area contributed by atoms with Crippen LogP contribution in [0.2, 0.25) is 0 Å². The van der Waals surface area contributed by atoms with Gasteiger partial charge in [0.15, 0.2) is 0 Å². The van der Waals surface area contributed by atoms with Gasteiger partial charge in [-0.1, -0.05) is 12.1 Å². The molecule has 37 heavy (non-hydrogen) atoms. The molecule has 1 heterocycles. The molecule has 10 heteroatoms. The molecule has 4 rings (SSSR count). The number of sulfonamides is 1. The standard InChI is InChI=1S/C27H30FN3O5S/c1-16-7-8-17(28)13-23(16)36-15-21-19(11-12-22-25(21)31(4)26(32)27(2,3)29-22)20-10-9-18(14-24(20)35-5)30-37(6,33)34/h7-14,29-30H,15H2,1-6H3. The normalized spacial score (nSPS) is 14.6. The lowest BCUT2D eigenvalue weighted by Gasteiger charge is -2.39. The number of carbonyl (C=O) groups is 1. The largest absolute Gasteiger partial charge is 0.496 e. The van der Waals surface area contributed by atoms with E-state index < -0.39 is 21.4 Å². The summed E-state index contributed by atoms with van der Waals surface area (Å²) in [4.78, 5) is 14.8. The Labute approximate surface area is 216 Å². The zero-order valence-corrected chi connectivity index (χ0v) is 22.4. The van der Waals surface area contributed by atoms with E-state index in [2.05, 4.69) is 10.0 Å². The van der Waals surface area contributed by atoms with Gasteiger partial charge in [-0.3, -0.25) is 9.52 Å². The highest BCUT2D eigenvalue weighted by Crippen LogP contribution is 2.45. The van der Waals surface area contributed by atoms with Gasteiger partial charge in [-0.2, -0.15) is 0 Å². The smallest absolute Gasteiger partial charge is 0.251 e. The van der Waals surface area contributed by atoms with Crippen LogP contribution < -0.4 is 24.4 Å². The van der Waals surface area contributed by atoms with Crippen molar-refractivity contribution >= 4 is 33.0 Å². The third kappa shape index (κ3) is 5.34. The average molecular weight is 528 g/mol. The summed E-state index contributed by atoms with van der Waals surface area (Å²) in [5.41, 5.74) is 3.77. The maximum atomic E-state index is 13.9. The molecule has 0 spiro atoms. The number of amides is 1. The number of benzene rings is 3. The van der Waals surface area contributed by atoms with Crippen molar-refractivity contribution in [3.8, 4) is 22.6 Å². The minimum absolute atomic E-state index is 0.0367. The molecular weight excluding hydrogens is 497 g/mol. The highest BCUT2D eigenvalue weighted by atomic mass is 32.2. The Kier molecular flexibility index (Phi) is 6.81. The molecular formula is C27H30FN3O5S. The second-order valence-corrected chi connectivity index (χ2v) is 11.3. The first-order chi connectivity index (χ1) is 17.3. The Morgan fingerprint density at radius 2 is 1.76 bits per heavy atom. The van der Waals surface area contributed by atoms with Crippen LogP contribution in [0.3, 0.4) is 0 Å². The second-order valence-electron chi connectivity index (χ2n) is 9.59. The van der Waals surface area contributed by atoms with E-state index in [-0.39, 0.29) is 12.5 Å². The molecule has 0 fully saturated rings. The van der Waals surface area contributed by atoms with Crippen LogP contribution in [0.5, 0.6) is 11.5 Å². The zero-order chi connectivity index (χ0) is 27.1. The van der Waals surface area contributed by atoms with Crippen LogP contribution in [0.25, 0.3) is 11.1 Å². The van der Waals surface area contributed by atoms with Gasteiger partial charge in [-0.15, -0.1) is 0 Å². The molecule has 0 aliphatic carbocycles. The monoisotopic (exact) mass is 527 g/mol. The predicted octanol–water partition coefficient (Wildman–Crippen LogP) is 4.93. The zero-order valence-electron chi connectivity index (χ0n) is 21.6. The number of aryl methyl sites for hydroxylation is 1. The maximum absolute atomic E-state index is 13.9. The molecule has 196 valence electrons. The number of carbonyl (C=O) groups excluding carboxylic acids is 1. The van der Waals surface area contributed by atoms with Gasteiger partial charge in [-0.05, 0) is 56.2 Å². The minimum Gasteiger partial charge on any atom is -0.496 e. The summed E-state index contributed by atoms with van der Waals surface area (Å²) in [5, 5.41) is 3.30. The van der Waals surface area contributed by atoms with E-state index >= 15 is 0 Å². The number of ether oxygens (including phenoxy) is 2. The van der Waals surface area contributed by atoms with Crippen molar-refractivity contribution in [2.45, 2.75) is 32.9 Å². The van der Waals surface area contributed by atoms with Crippen molar-refractivity contribution in [3.63, 3.8) is 0 Å². The fourth-order valence-corrected chi connectivity index (χ4v) is 5.06. The van der Waals surface area contributed by atoms with E-state index in [0.717, 1.165) is 23.1 Å². The van der Waals surface area contributed by atoms with E-state index in [4.69, 9.17) is 9.47 Å². The topological polar surface area (TPSA) is 97.0 Å². The fourth-order valence-electron chi connectivity index (χ4n) is 4.50. The lowest BCUT2D eigenvalue weighted by Crippen LogP contribution is -2.52. The first kappa shape index (κ1) is 26.3. The molecule has 1 aliphatic rings. The summed E-state index contributed by atoms with van der Waals surface area (Å²) in [7, 11) is -0.277. The van der Waals surface area contributed by atoms with Gasteiger partial charge in [0.2, 0.25) is 10.0 Å². The third-order valence-corrected chi connectivity index (χ3v) is 6.83. The van der Waals surface area contributed by atoms with E-state index in [0.29, 0.717) is 34.0 Å². The molecule has 8 nitrogen and oxygen atoms in total. The molecule has 2 N–H and O–H groups in total. The fraction of sp³-hybridized carbons (Fsp3) is 0.296. The molecule has 0 atom stereocenters. The van der Waals surface area contributed by atoms with Crippen LogP contribution in [-0.2, 0) is 21.4 Å². The van der Waals surface area contributed by atoms with E-state index in [1.54, 1.807) is 36.2 Å². The van der Waals surface area contributed by atoms with E-state index in [1.807, 2.05) is 32.9 Å². The van der Waals surface area contributed by atoms with Crippen LogP contribution in [0.4, 0.5) is 21.5 Å². The predicted molar refractivity (Wildman–Crippen MR) is 143 cm³/mol. The molecule has 0 radical (unpaired) electrons. The van der Waals surface area contributed by atoms with Gasteiger partial charge >= 0.3 is 0 Å². The Morgan fingerprint density at radius 1 is 1.05 bits per heavy atom. The third-order valence-electron chi connectivity index (χ3n) is 6.22. The number of likely N-dealkylation sites (N-methyl/N-ethyl adjacent to an activating group) is 1. The Bertz CT molecular complexity index is 1490. The van der Waals surface area contributed by atoms with Crippen molar-refractivity contribution in [2.24, 2.45) is 0 Å². The number of halogens is 1. The Hall–Kier alpha value is -3.79. The highest BCUT2D eigenvalue weighted by Gasteiger charge is 2.38. The second kappa shape index (κ2) is 9.59. The average Bonchev–Trinajstić information content (AvgIpc) is 2.81. The van der Waals surface area contributed by atoms with Gasteiger partial charge < -0.3 is 19.7 Å². The Morgan fingerprint density at radius 3 is 2.43 bits per heavy atom. The summed E-state index contributed by atoms with van der Waals surface area (Å²) in [5.74, 6) is 0.276. The van der Waals surface area contributed by atoms with Gasteiger partial charge in [0.25, 0.3) is 5.91 Å². The first-order valence-electron chi connectivity index (χ1n) is 11.6. The molecule has 0 saturated carbocycles. The molecule has 1 aliphatic heterocycles. The number of anilines is 3. The molecule has 0 saturated heterocycles. The van der Waals surface area contributed by atoms with Crippen molar-refractivity contribution in [2.75, 3.05) is 35.4 Å². The van der Waals surface area contributed by atoms with Crippen molar-refractivity contribution in [1.82, 2.24) is 0 Å². The van der Waals surface area contributed by atoms with Gasteiger partial charge in [-0.25, -0.2) is 12.8 Å². The van der Waals surface area contributed by atoms with Crippen molar-refractivity contribution in [1.29, 1.82) is 0 Å². The lowest BCUT2D eigenvalue weighted by atomic mass is 9.91. The van der Waals surface area contributed by atoms with Crippen LogP contribution in [0.1, 0.15) is 25.0 Å². The van der Waals surface area contributed by atoms with Crippen LogP contribution in [0.15, 0.2) is 48.5 Å². The van der Waals surface area contributed by atoms with E-state index in [9.17, 15) is 17.6 Å². The van der Waals surface area contributed by atoms with Crippen LogP contribution in [-0.4, -0.2) is 40.3 Å². The summed E-state index contributed by atoms with van der Waals surface area (Å²) in [6.07, 6.45) is 1.07. The number of nitrogens with zero attached hydrogens (tertiary/aromatic N) is 1. The SMILES string of the molecule is COc1cc(NS(C)(=O)=O)ccc1-c1ccc2c(c1COc1cc(F)ccc1C)N(C)C(=O)C(C)(C)N2. The summed E-state index contributed by atoms with van der Waals surface area (Å²) in [6, 6.07) is 13.1. The summed E-state index contributed by atoms with van der Waals surface area (Å²) < 4.78 is 51.5. The summed E-state index contributed by atoms with van der Waals surface area (Å²) in [6.45, 7) is 5.48. The number of fused-ring (bicyclic) bond motifs is 1.